The van der Waals surface area contributed by atoms with Crippen LogP contribution in [0.5, 0.6) is 0 Å². The van der Waals surface area contributed by atoms with Gasteiger partial charge in [-0.1, -0.05) is 0 Å². The summed E-state index contributed by atoms with van der Waals surface area (Å²) in [4.78, 5) is 37.8. The molecule has 7 heteroatoms. The Kier molecular flexibility index (Phi) is 5.58. The Morgan fingerprint density at radius 1 is 1.17 bits per heavy atom. The predicted octanol–water partition coefficient (Wildman–Crippen LogP) is 2.44. The normalized spacial score (nSPS) is 19.5. The third kappa shape index (κ3) is 4.45. The first-order valence-electron chi connectivity index (χ1n) is 10.2. The van der Waals surface area contributed by atoms with Gasteiger partial charge in [-0.25, -0.2) is 9.97 Å². The number of likely N-dealkylation sites (N-methyl/N-ethyl adjacent to an activating group) is 1. The highest BCUT2D eigenvalue weighted by molar-refractivity contribution is 5.95. The minimum absolute atomic E-state index is 0.0173. The number of fused-ring (bicyclic) bond motifs is 1. The van der Waals surface area contributed by atoms with E-state index >= 15 is 0 Å². The van der Waals surface area contributed by atoms with E-state index in [0.29, 0.717) is 17.8 Å². The number of carbonyl (C=O) groups is 2. The zero-order valence-corrected chi connectivity index (χ0v) is 17.0. The highest BCUT2D eigenvalue weighted by atomic mass is 16.2. The number of rotatable bonds is 3. The molecule has 3 heterocycles. The molecule has 0 spiro atoms. The Morgan fingerprint density at radius 3 is 2.72 bits per heavy atom. The third-order valence-electron chi connectivity index (χ3n) is 5.67. The van der Waals surface area contributed by atoms with Gasteiger partial charge in [0.25, 0.3) is 5.91 Å². The predicted molar refractivity (Wildman–Crippen MR) is 111 cm³/mol. The Bertz CT molecular complexity index is 912. The molecule has 1 saturated heterocycles. The minimum Gasteiger partial charge on any atom is -0.338 e. The molecule has 0 aliphatic carbocycles. The van der Waals surface area contributed by atoms with E-state index in [1.54, 1.807) is 24.3 Å². The molecule has 7 nitrogen and oxygen atoms in total. The Hall–Kier alpha value is -2.80. The van der Waals surface area contributed by atoms with Crippen molar-refractivity contribution in [3.63, 3.8) is 0 Å². The molecule has 1 aromatic carbocycles. The summed E-state index contributed by atoms with van der Waals surface area (Å²) >= 11 is 0. The van der Waals surface area contributed by atoms with Crippen molar-refractivity contribution in [3.05, 3.63) is 53.1 Å². The van der Waals surface area contributed by atoms with E-state index in [4.69, 9.17) is 4.98 Å². The maximum absolute atomic E-state index is 13.0. The van der Waals surface area contributed by atoms with Crippen molar-refractivity contribution in [2.75, 3.05) is 32.0 Å². The van der Waals surface area contributed by atoms with Gasteiger partial charge in [0.1, 0.15) is 5.82 Å². The van der Waals surface area contributed by atoms with Crippen LogP contribution in [0.2, 0.25) is 0 Å². The number of nitrogens with zero attached hydrogens (tertiary/aromatic N) is 4. The number of benzene rings is 1. The summed E-state index contributed by atoms with van der Waals surface area (Å²) < 4.78 is 0. The fraction of sp³-hybridized carbons (Fsp3) is 0.455. The number of hydrogen-bond acceptors (Lipinski definition) is 5. The van der Waals surface area contributed by atoms with Gasteiger partial charge in [0.05, 0.1) is 0 Å². The lowest BCUT2D eigenvalue weighted by molar-refractivity contribution is -0.114. The lowest BCUT2D eigenvalue weighted by atomic mass is 9.95. The zero-order valence-electron chi connectivity index (χ0n) is 17.0. The van der Waals surface area contributed by atoms with Crippen LogP contribution in [-0.2, 0) is 17.8 Å². The maximum atomic E-state index is 13.0. The third-order valence-corrected chi connectivity index (χ3v) is 5.67. The van der Waals surface area contributed by atoms with Gasteiger partial charge in [-0.2, -0.15) is 0 Å². The van der Waals surface area contributed by atoms with Gasteiger partial charge in [-0.15, -0.1) is 0 Å². The number of piperidine rings is 1. The summed E-state index contributed by atoms with van der Waals surface area (Å²) in [6.45, 7) is 4.78. The summed E-state index contributed by atoms with van der Waals surface area (Å²) in [6.07, 6.45) is 4.87. The number of hydrogen-bond donors (Lipinski definition) is 1. The molecule has 1 aromatic heterocycles. The van der Waals surface area contributed by atoms with Crippen molar-refractivity contribution in [1.82, 2.24) is 19.8 Å². The van der Waals surface area contributed by atoms with Crippen LogP contribution in [0.15, 0.2) is 30.5 Å². The van der Waals surface area contributed by atoms with E-state index in [-0.39, 0.29) is 17.7 Å². The lowest BCUT2D eigenvalue weighted by Crippen LogP contribution is -2.39. The summed E-state index contributed by atoms with van der Waals surface area (Å²) in [5, 5.41) is 2.72. The second kappa shape index (κ2) is 8.29. The standard InChI is InChI=1S/C22H27N5O2/c1-15(28)24-19-7-5-16(6-8-19)22(29)27-10-3-4-17(14-27)21-23-12-18-13-26(2)11-9-20(18)25-21/h5-8,12,17H,3-4,9-11,13-14H2,1-2H3,(H,24,28). The Balaban J connectivity index is 1.45. The van der Waals surface area contributed by atoms with Crippen LogP contribution in [0.1, 0.15) is 53.1 Å². The second-order valence-electron chi connectivity index (χ2n) is 8.04. The van der Waals surface area contributed by atoms with Crippen LogP contribution >= 0.6 is 0 Å². The SMILES string of the molecule is CC(=O)Nc1ccc(C(=O)N2CCCC(c3ncc4c(n3)CCN(C)C4)C2)cc1. The van der Waals surface area contributed by atoms with E-state index in [1.807, 2.05) is 11.1 Å². The number of nitrogens with one attached hydrogen (secondary N) is 1. The van der Waals surface area contributed by atoms with Gasteiger partial charge < -0.3 is 15.1 Å². The molecule has 1 fully saturated rings. The molecule has 1 unspecified atom stereocenters. The van der Waals surface area contributed by atoms with Crippen molar-refractivity contribution in [2.24, 2.45) is 0 Å². The fourth-order valence-electron chi connectivity index (χ4n) is 4.12. The first-order chi connectivity index (χ1) is 14.0. The Morgan fingerprint density at radius 2 is 1.97 bits per heavy atom. The smallest absolute Gasteiger partial charge is 0.253 e. The monoisotopic (exact) mass is 393 g/mol. The molecule has 2 aliphatic heterocycles. The fourth-order valence-corrected chi connectivity index (χ4v) is 4.12. The van der Waals surface area contributed by atoms with Crippen LogP contribution in [0.25, 0.3) is 0 Å². The molecule has 1 atom stereocenters. The summed E-state index contributed by atoms with van der Waals surface area (Å²) in [7, 11) is 2.12. The summed E-state index contributed by atoms with van der Waals surface area (Å²) in [5.74, 6) is 0.937. The van der Waals surface area contributed by atoms with E-state index in [1.165, 1.54) is 12.5 Å². The molecule has 1 N–H and O–H groups in total. The molecule has 0 saturated carbocycles. The highest BCUT2D eigenvalue weighted by Crippen LogP contribution is 2.27. The van der Waals surface area contributed by atoms with Gasteiger partial charge >= 0.3 is 0 Å². The first-order valence-corrected chi connectivity index (χ1v) is 10.2. The topological polar surface area (TPSA) is 78.4 Å². The number of amides is 2. The van der Waals surface area contributed by atoms with Crippen molar-refractivity contribution in [3.8, 4) is 0 Å². The van der Waals surface area contributed by atoms with Crippen LogP contribution in [0.3, 0.4) is 0 Å². The largest absolute Gasteiger partial charge is 0.338 e. The number of aromatic nitrogens is 2. The summed E-state index contributed by atoms with van der Waals surface area (Å²) in [5.41, 5.74) is 3.70. The molecule has 2 aliphatic rings. The van der Waals surface area contributed by atoms with Gasteiger partial charge in [-0.05, 0) is 44.2 Å². The average Bonchev–Trinajstić information content (AvgIpc) is 2.73. The van der Waals surface area contributed by atoms with Crippen molar-refractivity contribution in [1.29, 1.82) is 0 Å². The van der Waals surface area contributed by atoms with Crippen molar-refractivity contribution < 1.29 is 9.59 Å². The molecule has 152 valence electrons. The van der Waals surface area contributed by atoms with Crippen molar-refractivity contribution in [2.45, 2.75) is 38.6 Å². The average molecular weight is 393 g/mol. The van der Waals surface area contributed by atoms with Crippen LogP contribution in [0, 0.1) is 0 Å². The number of anilines is 1. The van der Waals surface area contributed by atoms with Gasteiger partial charge in [0.15, 0.2) is 0 Å². The van der Waals surface area contributed by atoms with E-state index in [0.717, 1.165) is 50.4 Å². The maximum Gasteiger partial charge on any atom is 0.253 e. The van der Waals surface area contributed by atoms with E-state index < -0.39 is 0 Å². The first kappa shape index (κ1) is 19.5. The van der Waals surface area contributed by atoms with Crippen molar-refractivity contribution >= 4 is 17.5 Å². The summed E-state index contributed by atoms with van der Waals surface area (Å²) in [6, 6.07) is 7.06. The molecular formula is C22H27N5O2. The Labute approximate surface area is 171 Å². The number of likely N-dealkylation sites (tertiary alicyclic amines) is 1. The molecule has 0 bridgehead atoms. The lowest BCUT2D eigenvalue weighted by Gasteiger charge is -2.33. The van der Waals surface area contributed by atoms with Gasteiger partial charge in [0, 0.05) is 74.1 Å². The number of carbonyl (C=O) groups excluding carboxylic acids is 2. The molecule has 4 rings (SSSR count). The van der Waals surface area contributed by atoms with E-state index in [9.17, 15) is 9.59 Å². The quantitative estimate of drug-likeness (QED) is 0.867. The molecular weight excluding hydrogens is 366 g/mol. The second-order valence-corrected chi connectivity index (χ2v) is 8.04. The van der Waals surface area contributed by atoms with Crippen LogP contribution in [-0.4, -0.2) is 58.3 Å². The van der Waals surface area contributed by atoms with Crippen LogP contribution < -0.4 is 5.32 Å². The molecule has 2 aromatic rings. The minimum atomic E-state index is -0.125. The molecule has 0 radical (unpaired) electrons. The zero-order chi connectivity index (χ0) is 20.4. The van der Waals surface area contributed by atoms with E-state index in [2.05, 4.69) is 22.2 Å². The molecule has 2 amide bonds. The van der Waals surface area contributed by atoms with Gasteiger partial charge in [0.2, 0.25) is 5.91 Å². The highest BCUT2D eigenvalue weighted by Gasteiger charge is 2.28. The van der Waals surface area contributed by atoms with Crippen LogP contribution in [0.4, 0.5) is 5.69 Å². The van der Waals surface area contributed by atoms with Gasteiger partial charge in [-0.3, -0.25) is 9.59 Å². The molecule has 29 heavy (non-hydrogen) atoms.